The molecule has 0 saturated carbocycles. The lowest BCUT2D eigenvalue weighted by atomic mass is 10.1. The van der Waals surface area contributed by atoms with Crippen molar-refractivity contribution >= 4 is 5.91 Å². The number of nitrogens with zero attached hydrogens (tertiary/aromatic N) is 3. The molecule has 1 heterocycles. The third kappa shape index (κ3) is 6.73. The molecule has 182 valence electrons. The zero-order chi connectivity index (χ0) is 24.5. The smallest absolute Gasteiger partial charge is 0.228 e. The topological polar surface area (TPSA) is 86.9 Å². The molecular weight excluding hydrogens is 434 g/mol. The number of aromatic nitrogens is 2. The van der Waals surface area contributed by atoms with E-state index in [0.717, 1.165) is 16.9 Å². The fourth-order valence-corrected chi connectivity index (χ4v) is 3.61. The minimum atomic E-state index is 0.114. The third-order valence-corrected chi connectivity index (χ3v) is 5.45. The normalized spacial score (nSPS) is 10.9. The fourth-order valence-electron chi connectivity index (χ4n) is 3.61. The molecule has 3 rings (SSSR count). The van der Waals surface area contributed by atoms with Gasteiger partial charge >= 0.3 is 0 Å². The van der Waals surface area contributed by atoms with Crippen LogP contribution in [0.2, 0.25) is 0 Å². The Morgan fingerprint density at radius 2 is 1.74 bits per heavy atom. The molecule has 34 heavy (non-hydrogen) atoms. The van der Waals surface area contributed by atoms with Crippen molar-refractivity contribution < 1.29 is 23.5 Å². The summed E-state index contributed by atoms with van der Waals surface area (Å²) in [4.78, 5) is 19.3. The first-order valence-electron chi connectivity index (χ1n) is 11.4. The van der Waals surface area contributed by atoms with Gasteiger partial charge in [0.05, 0.1) is 21.3 Å². The monoisotopic (exact) mass is 467 g/mol. The van der Waals surface area contributed by atoms with Crippen LogP contribution in [0.3, 0.4) is 0 Å². The highest BCUT2D eigenvalue weighted by Crippen LogP contribution is 2.28. The maximum Gasteiger partial charge on any atom is 0.228 e. The van der Waals surface area contributed by atoms with Crippen LogP contribution >= 0.6 is 0 Å². The van der Waals surface area contributed by atoms with Crippen LogP contribution in [-0.4, -0.2) is 55.4 Å². The van der Waals surface area contributed by atoms with Crippen LogP contribution < -0.4 is 14.2 Å². The van der Waals surface area contributed by atoms with Gasteiger partial charge in [-0.15, -0.1) is 0 Å². The number of hydrogen-bond acceptors (Lipinski definition) is 7. The standard InChI is InChI=1S/C26H33N3O5/c1-18(2)15-25(30)29(13-11-19-9-10-22(32-4)23(16-19)33-5)14-12-24-27-26(28-34-24)20-7-6-8-21(17-20)31-3/h6-10,16-18H,11-15H2,1-5H3. The van der Waals surface area contributed by atoms with Gasteiger partial charge in [0.15, 0.2) is 11.5 Å². The minimum absolute atomic E-state index is 0.114. The first-order valence-corrected chi connectivity index (χ1v) is 11.4. The predicted octanol–water partition coefficient (Wildman–Crippen LogP) is 4.42. The number of hydrogen-bond donors (Lipinski definition) is 0. The minimum Gasteiger partial charge on any atom is -0.497 e. The van der Waals surface area contributed by atoms with E-state index in [1.165, 1.54) is 0 Å². The second-order valence-electron chi connectivity index (χ2n) is 8.41. The number of rotatable bonds is 12. The average Bonchev–Trinajstić information content (AvgIpc) is 3.32. The Balaban J connectivity index is 1.67. The van der Waals surface area contributed by atoms with Crippen molar-refractivity contribution in [3.8, 4) is 28.6 Å². The molecule has 0 fully saturated rings. The van der Waals surface area contributed by atoms with Crippen molar-refractivity contribution in [3.05, 3.63) is 53.9 Å². The summed E-state index contributed by atoms with van der Waals surface area (Å²) in [5.41, 5.74) is 1.88. The van der Waals surface area contributed by atoms with E-state index in [0.29, 0.717) is 55.6 Å². The summed E-state index contributed by atoms with van der Waals surface area (Å²) in [7, 11) is 4.84. The Bertz CT molecular complexity index is 1080. The van der Waals surface area contributed by atoms with Crippen LogP contribution in [0.15, 0.2) is 47.0 Å². The third-order valence-electron chi connectivity index (χ3n) is 5.45. The van der Waals surface area contributed by atoms with Gasteiger partial charge in [0.25, 0.3) is 0 Å². The van der Waals surface area contributed by atoms with Gasteiger partial charge in [-0.2, -0.15) is 4.98 Å². The van der Waals surface area contributed by atoms with Crippen LogP contribution in [0.1, 0.15) is 31.7 Å². The summed E-state index contributed by atoms with van der Waals surface area (Å²) in [5, 5.41) is 4.09. The maximum absolute atomic E-state index is 12.9. The number of ether oxygens (including phenoxy) is 3. The quantitative estimate of drug-likeness (QED) is 0.390. The van der Waals surface area contributed by atoms with Crippen LogP contribution in [0, 0.1) is 5.92 Å². The molecule has 0 unspecified atom stereocenters. The first kappa shape index (κ1) is 25.1. The van der Waals surface area contributed by atoms with E-state index in [1.54, 1.807) is 21.3 Å². The average molecular weight is 468 g/mol. The highest BCUT2D eigenvalue weighted by Gasteiger charge is 2.18. The van der Waals surface area contributed by atoms with Gasteiger partial charge in [0, 0.05) is 31.5 Å². The van der Waals surface area contributed by atoms with Gasteiger partial charge < -0.3 is 23.6 Å². The number of benzene rings is 2. The van der Waals surface area contributed by atoms with Crippen molar-refractivity contribution in [1.29, 1.82) is 0 Å². The van der Waals surface area contributed by atoms with Crippen molar-refractivity contribution in [2.45, 2.75) is 33.1 Å². The maximum atomic E-state index is 12.9. The summed E-state index contributed by atoms with van der Waals surface area (Å²) in [6.07, 6.45) is 1.67. The molecule has 2 aromatic carbocycles. The Morgan fingerprint density at radius 1 is 0.971 bits per heavy atom. The van der Waals surface area contributed by atoms with E-state index in [-0.39, 0.29) is 11.8 Å². The molecule has 0 spiro atoms. The Labute approximate surface area is 200 Å². The number of carbonyl (C=O) groups is 1. The lowest BCUT2D eigenvalue weighted by Crippen LogP contribution is -2.35. The molecule has 0 aliphatic carbocycles. The van der Waals surface area contributed by atoms with Crippen molar-refractivity contribution in [2.24, 2.45) is 5.92 Å². The SMILES string of the molecule is COc1cccc(-c2noc(CCN(CCc3ccc(OC)c(OC)c3)C(=O)CC(C)C)n2)c1. The van der Waals surface area contributed by atoms with Crippen LogP contribution in [0.4, 0.5) is 0 Å². The van der Waals surface area contributed by atoms with Crippen molar-refractivity contribution in [3.63, 3.8) is 0 Å². The molecular formula is C26H33N3O5. The highest BCUT2D eigenvalue weighted by molar-refractivity contribution is 5.76. The van der Waals surface area contributed by atoms with Crippen molar-refractivity contribution in [1.82, 2.24) is 15.0 Å². The molecule has 8 nitrogen and oxygen atoms in total. The van der Waals surface area contributed by atoms with E-state index >= 15 is 0 Å². The lowest BCUT2D eigenvalue weighted by Gasteiger charge is -2.23. The molecule has 1 aromatic heterocycles. The van der Waals surface area contributed by atoms with Crippen LogP contribution in [0.5, 0.6) is 17.2 Å². The van der Waals surface area contributed by atoms with Gasteiger partial charge in [0.2, 0.25) is 17.6 Å². The van der Waals surface area contributed by atoms with Gasteiger partial charge in [-0.3, -0.25) is 4.79 Å². The summed E-state index contributed by atoms with van der Waals surface area (Å²) < 4.78 is 21.4. The molecule has 3 aromatic rings. The summed E-state index contributed by atoms with van der Waals surface area (Å²) in [6.45, 7) is 5.17. The summed E-state index contributed by atoms with van der Waals surface area (Å²) in [6, 6.07) is 13.3. The van der Waals surface area contributed by atoms with E-state index in [1.807, 2.05) is 61.2 Å². The van der Waals surface area contributed by atoms with Crippen LogP contribution in [-0.2, 0) is 17.6 Å². The number of carbonyl (C=O) groups excluding carboxylic acids is 1. The highest BCUT2D eigenvalue weighted by atomic mass is 16.5. The second-order valence-corrected chi connectivity index (χ2v) is 8.41. The summed E-state index contributed by atoms with van der Waals surface area (Å²) >= 11 is 0. The molecule has 0 aliphatic rings. The zero-order valence-corrected chi connectivity index (χ0v) is 20.5. The molecule has 0 aliphatic heterocycles. The second kappa shape index (κ2) is 12.1. The van der Waals surface area contributed by atoms with Gasteiger partial charge in [0.1, 0.15) is 5.75 Å². The van der Waals surface area contributed by atoms with E-state index in [4.69, 9.17) is 18.7 Å². The Morgan fingerprint density at radius 3 is 2.44 bits per heavy atom. The zero-order valence-electron chi connectivity index (χ0n) is 20.5. The van der Waals surface area contributed by atoms with Crippen molar-refractivity contribution in [2.75, 3.05) is 34.4 Å². The first-order chi connectivity index (χ1) is 16.4. The Kier molecular flexibility index (Phi) is 8.90. The molecule has 0 N–H and O–H groups in total. The number of amides is 1. The van der Waals surface area contributed by atoms with Gasteiger partial charge in [-0.1, -0.05) is 37.2 Å². The van der Waals surface area contributed by atoms with Gasteiger partial charge in [-0.05, 0) is 42.2 Å². The molecule has 0 radical (unpaired) electrons. The number of methoxy groups -OCH3 is 3. The molecule has 8 heteroatoms. The molecule has 0 atom stereocenters. The molecule has 0 bridgehead atoms. The van der Waals surface area contributed by atoms with E-state index in [2.05, 4.69) is 10.1 Å². The van der Waals surface area contributed by atoms with E-state index < -0.39 is 0 Å². The van der Waals surface area contributed by atoms with E-state index in [9.17, 15) is 4.79 Å². The Hall–Kier alpha value is -3.55. The van der Waals surface area contributed by atoms with Gasteiger partial charge in [-0.25, -0.2) is 0 Å². The largest absolute Gasteiger partial charge is 0.497 e. The van der Waals surface area contributed by atoms with Crippen LogP contribution in [0.25, 0.3) is 11.4 Å². The molecule has 0 saturated heterocycles. The molecule has 1 amide bonds. The predicted molar refractivity (Wildman–Crippen MR) is 129 cm³/mol. The fraction of sp³-hybridized carbons (Fsp3) is 0.423. The summed E-state index contributed by atoms with van der Waals surface area (Å²) in [5.74, 6) is 3.47. The lowest BCUT2D eigenvalue weighted by molar-refractivity contribution is -0.132.